The average molecular weight is 238 g/mol. The van der Waals surface area contributed by atoms with Crippen LogP contribution in [0.3, 0.4) is 0 Å². The summed E-state index contributed by atoms with van der Waals surface area (Å²) in [5, 5.41) is 10.7. The van der Waals surface area contributed by atoms with Gasteiger partial charge in [0, 0.05) is 11.8 Å². The number of pyridine rings is 1. The van der Waals surface area contributed by atoms with Crippen LogP contribution in [-0.2, 0) is 12.8 Å². The van der Waals surface area contributed by atoms with Gasteiger partial charge in [-0.2, -0.15) is 0 Å². The molecule has 0 bridgehead atoms. The van der Waals surface area contributed by atoms with Gasteiger partial charge in [0.05, 0.1) is 4.92 Å². The first kappa shape index (κ1) is 13.4. The van der Waals surface area contributed by atoms with Gasteiger partial charge >= 0.3 is 11.2 Å². The van der Waals surface area contributed by atoms with Crippen molar-refractivity contribution in [3.05, 3.63) is 37.8 Å². The molecule has 0 radical (unpaired) electrons. The lowest BCUT2D eigenvalue weighted by Gasteiger charge is -2.07. The Kier molecular flexibility index (Phi) is 4.87. The summed E-state index contributed by atoms with van der Waals surface area (Å²) < 4.78 is 0. The van der Waals surface area contributed by atoms with Crippen molar-refractivity contribution in [3.63, 3.8) is 0 Å². The molecule has 0 aliphatic heterocycles. The number of aromatic amines is 1. The Morgan fingerprint density at radius 3 is 2.53 bits per heavy atom. The van der Waals surface area contributed by atoms with Crippen LogP contribution in [0.15, 0.2) is 10.9 Å². The Labute approximate surface area is 100 Å². The second kappa shape index (κ2) is 6.18. The number of hydrogen-bond donors (Lipinski definition) is 1. The zero-order valence-electron chi connectivity index (χ0n) is 10.3. The second-order valence-corrected chi connectivity index (χ2v) is 4.10. The first-order valence-corrected chi connectivity index (χ1v) is 5.99. The molecule has 1 rings (SSSR count). The van der Waals surface area contributed by atoms with Crippen molar-refractivity contribution in [1.29, 1.82) is 0 Å². The third-order valence-corrected chi connectivity index (χ3v) is 2.69. The third-order valence-electron chi connectivity index (χ3n) is 2.69. The number of aromatic nitrogens is 1. The number of unbranched alkanes of at least 4 members (excludes halogenated alkanes) is 1. The smallest absolute Gasteiger partial charge is 0.320 e. The second-order valence-electron chi connectivity index (χ2n) is 4.10. The van der Waals surface area contributed by atoms with E-state index in [1.165, 1.54) is 6.07 Å². The van der Waals surface area contributed by atoms with E-state index >= 15 is 0 Å². The van der Waals surface area contributed by atoms with Crippen LogP contribution >= 0.6 is 0 Å². The molecule has 0 aliphatic carbocycles. The Morgan fingerprint density at radius 1 is 1.29 bits per heavy atom. The minimum atomic E-state index is -0.623. The molecule has 1 heterocycles. The van der Waals surface area contributed by atoms with Crippen molar-refractivity contribution in [3.8, 4) is 0 Å². The molecule has 94 valence electrons. The Bertz CT molecular complexity index is 452. The minimum absolute atomic E-state index is 0.353. The van der Waals surface area contributed by atoms with E-state index in [9.17, 15) is 14.9 Å². The van der Waals surface area contributed by atoms with E-state index in [4.69, 9.17) is 0 Å². The van der Waals surface area contributed by atoms with Crippen molar-refractivity contribution >= 4 is 5.69 Å². The zero-order valence-corrected chi connectivity index (χ0v) is 10.3. The third kappa shape index (κ3) is 3.41. The molecule has 1 aromatic heterocycles. The lowest BCUT2D eigenvalue weighted by Crippen LogP contribution is -2.16. The van der Waals surface area contributed by atoms with Gasteiger partial charge in [-0.3, -0.25) is 14.9 Å². The number of nitrogens with zero attached hydrogens (tertiary/aromatic N) is 1. The number of aryl methyl sites for hydroxylation is 2. The van der Waals surface area contributed by atoms with Crippen LogP contribution in [0.25, 0.3) is 0 Å². The molecule has 0 saturated carbocycles. The predicted octanol–water partition coefficient (Wildman–Crippen LogP) is 2.58. The molecule has 1 N–H and O–H groups in total. The highest BCUT2D eigenvalue weighted by atomic mass is 16.6. The zero-order chi connectivity index (χ0) is 12.8. The first-order valence-electron chi connectivity index (χ1n) is 5.99. The van der Waals surface area contributed by atoms with Gasteiger partial charge in [0.15, 0.2) is 0 Å². The SMILES string of the molecule is CCCCc1[nH]c(=O)c([N+](=O)[O-])cc1CCC. The van der Waals surface area contributed by atoms with Crippen LogP contribution < -0.4 is 5.56 Å². The highest BCUT2D eigenvalue weighted by Gasteiger charge is 2.15. The quantitative estimate of drug-likeness (QED) is 0.611. The molecule has 5 nitrogen and oxygen atoms in total. The number of nitro groups is 1. The van der Waals surface area contributed by atoms with E-state index in [0.717, 1.165) is 43.4 Å². The molecule has 0 aliphatic rings. The molecule has 5 heteroatoms. The molecule has 0 aromatic carbocycles. The fourth-order valence-electron chi connectivity index (χ4n) is 1.80. The number of H-pyrrole nitrogens is 1. The first-order chi connectivity index (χ1) is 8.10. The van der Waals surface area contributed by atoms with Crippen LogP contribution in [0, 0.1) is 10.1 Å². The maximum absolute atomic E-state index is 11.5. The van der Waals surface area contributed by atoms with Crippen molar-refractivity contribution in [2.24, 2.45) is 0 Å². The minimum Gasteiger partial charge on any atom is -0.320 e. The number of hydrogen-bond acceptors (Lipinski definition) is 3. The van der Waals surface area contributed by atoms with Gasteiger partial charge < -0.3 is 4.98 Å². The monoisotopic (exact) mass is 238 g/mol. The van der Waals surface area contributed by atoms with E-state index < -0.39 is 10.5 Å². The lowest BCUT2D eigenvalue weighted by atomic mass is 10.0. The van der Waals surface area contributed by atoms with E-state index in [2.05, 4.69) is 11.9 Å². The van der Waals surface area contributed by atoms with Gasteiger partial charge in [0.2, 0.25) is 0 Å². The summed E-state index contributed by atoms with van der Waals surface area (Å²) in [4.78, 5) is 24.2. The van der Waals surface area contributed by atoms with Crippen molar-refractivity contribution < 1.29 is 4.92 Å². The van der Waals surface area contributed by atoms with E-state index in [0.29, 0.717) is 0 Å². The van der Waals surface area contributed by atoms with Crippen LogP contribution in [0.2, 0.25) is 0 Å². The molecule has 0 saturated heterocycles. The summed E-state index contributed by atoms with van der Waals surface area (Å²) in [6, 6.07) is 1.42. The molecule has 0 amide bonds. The van der Waals surface area contributed by atoms with Gasteiger partial charge in [-0.1, -0.05) is 26.7 Å². The largest absolute Gasteiger partial charge is 0.334 e. The van der Waals surface area contributed by atoms with Crippen LogP contribution in [0.1, 0.15) is 44.4 Å². The van der Waals surface area contributed by atoms with Gasteiger partial charge in [0.25, 0.3) is 0 Å². The normalized spacial score (nSPS) is 10.5. The highest BCUT2D eigenvalue weighted by molar-refractivity contribution is 5.34. The van der Waals surface area contributed by atoms with Crippen molar-refractivity contribution in [2.75, 3.05) is 0 Å². The molecule has 1 aromatic rings. The van der Waals surface area contributed by atoms with Gasteiger partial charge in [-0.25, -0.2) is 0 Å². The van der Waals surface area contributed by atoms with Gasteiger partial charge in [-0.15, -0.1) is 0 Å². The van der Waals surface area contributed by atoms with Crippen LogP contribution in [0.4, 0.5) is 5.69 Å². The van der Waals surface area contributed by atoms with Gasteiger partial charge in [-0.05, 0) is 24.8 Å². The van der Waals surface area contributed by atoms with E-state index in [1.54, 1.807) is 0 Å². The van der Waals surface area contributed by atoms with Crippen LogP contribution in [0.5, 0.6) is 0 Å². The maximum atomic E-state index is 11.5. The topological polar surface area (TPSA) is 76.0 Å². The Morgan fingerprint density at radius 2 is 2.00 bits per heavy atom. The van der Waals surface area contributed by atoms with Gasteiger partial charge in [0.1, 0.15) is 0 Å². The number of rotatable bonds is 6. The van der Waals surface area contributed by atoms with Crippen LogP contribution in [-0.4, -0.2) is 9.91 Å². The molecule has 0 unspecified atom stereocenters. The summed E-state index contributed by atoms with van der Waals surface area (Å²) in [5.74, 6) is 0. The summed E-state index contributed by atoms with van der Waals surface area (Å²) in [5.41, 5.74) is 0.797. The fourth-order valence-corrected chi connectivity index (χ4v) is 1.80. The standard InChI is InChI=1S/C12H18N2O3/c1-3-5-7-10-9(6-4-2)8-11(14(16)17)12(15)13-10/h8H,3-7H2,1-2H3,(H,13,15). The Hall–Kier alpha value is -1.65. The summed E-state index contributed by atoms with van der Waals surface area (Å²) >= 11 is 0. The predicted molar refractivity (Wildman–Crippen MR) is 66.3 cm³/mol. The maximum Gasteiger partial charge on any atom is 0.334 e. The lowest BCUT2D eigenvalue weighted by molar-refractivity contribution is -0.386. The summed E-state index contributed by atoms with van der Waals surface area (Å²) in [7, 11) is 0. The fraction of sp³-hybridized carbons (Fsp3) is 0.583. The molecule has 0 spiro atoms. The summed E-state index contributed by atoms with van der Waals surface area (Å²) in [6.07, 6.45) is 4.45. The highest BCUT2D eigenvalue weighted by Crippen LogP contribution is 2.15. The number of nitrogens with one attached hydrogen (secondary N) is 1. The molecular weight excluding hydrogens is 220 g/mol. The average Bonchev–Trinajstić information content (AvgIpc) is 2.28. The summed E-state index contributed by atoms with van der Waals surface area (Å²) in [6.45, 7) is 4.09. The molecule has 0 atom stereocenters. The molecule has 0 fully saturated rings. The van der Waals surface area contributed by atoms with E-state index in [-0.39, 0.29) is 5.69 Å². The van der Waals surface area contributed by atoms with Crippen molar-refractivity contribution in [1.82, 2.24) is 4.98 Å². The Balaban J connectivity index is 3.15. The molecular formula is C12H18N2O3. The van der Waals surface area contributed by atoms with E-state index in [1.807, 2.05) is 6.92 Å². The molecule has 17 heavy (non-hydrogen) atoms. The van der Waals surface area contributed by atoms with Crippen molar-refractivity contribution in [2.45, 2.75) is 46.0 Å².